The summed E-state index contributed by atoms with van der Waals surface area (Å²) in [6, 6.07) is 12.3. The standard InChI is InChI=1S/C22H22ClN3O3S2/c1-3-26(4-2)31(28,29)15-10-11-18(23)17(13-15)21(27)25-22-24-20-16-8-6-5-7-14(16)9-12-19(20)30-22/h5-8,10-11,13H,3-4,9,12H2,1-2H3,(H,24,25,27). The van der Waals surface area contributed by atoms with E-state index in [0.29, 0.717) is 18.2 Å². The number of rotatable bonds is 6. The van der Waals surface area contributed by atoms with E-state index in [1.165, 1.54) is 39.4 Å². The van der Waals surface area contributed by atoms with Crippen molar-refractivity contribution in [2.75, 3.05) is 18.4 Å². The lowest BCUT2D eigenvalue weighted by Crippen LogP contribution is -2.30. The molecule has 0 spiro atoms. The minimum Gasteiger partial charge on any atom is -0.298 e. The Balaban J connectivity index is 1.63. The van der Waals surface area contributed by atoms with E-state index in [1.54, 1.807) is 13.8 Å². The summed E-state index contributed by atoms with van der Waals surface area (Å²) in [5.41, 5.74) is 3.33. The van der Waals surface area contributed by atoms with Gasteiger partial charge in [-0.05, 0) is 36.6 Å². The summed E-state index contributed by atoms with van der Waals surface area (Å²) in [4.78, 5) is 18.7. The number of fused-ring (bicyclic) bond motifs is 3. The van der Waals surface area contributed by atoms with E-state index >= 15 is 0 Å². The molecule has 31 heavy (non-hydrogen) atoms. The van der Waals surface area contributed by atoms with E-state index in [2.05, 4.69) is 16.4 Å². The fourth-order valence-electron chi connectivity index (χ4n) is 3.72. The van der Waals surface area contributed by atoms with Gasteiger partial charge in [-0.15, -0.1) is 11.3 Å². The van der Waals surface area contributed by atoms with Gasteiger partial charge in [0.1, 0.15) is 0 Å². The molecule has 1 aliphatic rings. The van der Waals surface area contributed by atoms with Gasteiger partial charge in [0.2, 0.25) is 10.0 Å². The number of halogens is 1. The number of amides is 1. The van der Waals surface area contributed by atoms with Crippen molar-refractivity contribution in [2.24, 2.45) is 0 Å². The van der Waals surface area contributed by atoms with Crippen molar-refractivity contribution >= 4 is 44.0 Å². The summed E-state index contributed by atoms with van der Waals surface area (Å²) in [5, 5.41) is 3.45. The maximum atomic E-state index is 12.9. The Morgan fingerprint density at radius 1 is 1.16 bits per heavy atom. The summed E-state index contributed by atoms with van der Waals surface area (Å²) >= 11 is 7.67. The molecule has 3 aromatic rings. The topological polar surface area (TPSA) is 79.4 Å². The minimum atomic E-state index is -3.70. The maximum Gasteiger partial charge on any atom is 0.259 e. The molecule has 0 atom stereocenters. The van der Waals surface area contributed by atoms with Crippen molar-refractivity contribution in [3.8, 4) is 11.3 Å². The van der Waals surface area contributed by atoms with Gasteiger partial charge in [0.25, 0.3) is 5.91 Å². The normalized spacial score (nSPS) is 13.0. The number of carbonyl (C=O) groups excluding carboxylic acids is 1. The van der Waals surface area contributed by atoms with Crippen molar-refractivity contribution in [1.82, 2.24) is 9.29 Å². The number of anilines is 1. The Hall–Kier alpha value is -2.26. The number of hydrogen-bond acceptors (Lipinski definition) is 5. The van der Waals surface area contributed by atoms with E-state index in [-0.39, 0.29) is 15.5 Å². The number of sulfonamides is 1. The Kier molecular flexibility index (Phi) is 6.16. The highest BCUT2D eigenvalue weighted by Gasteiger charge is 2.25. The molecule has 0 saturated heterocycles. The number of aromatic nitrogens is 1. The van der Waals surface area contributed by atoms with E-state index in [0.717, 1.165) is 29.0 Å². The molecule has 6 nitrogen and oxygen atoms in total. The SMILES string of the molecule is CCN(CC)S(=O)(=O)c1ccc(Cl)c(C(=O)Nc2nc3c(s2)CCc2ccccc2-3)c1. The number of nitrogens with zero attached hydrogens (tertiary/aromatic N) is 2. The molecule has 1 N–H and O–H groups in total. The van der Waals surface area contributed by atoms with Crippen LogP contribution in [-0.2, 0) is 22.9 Å². The minimum absolute atomic E-state index is 0.0399. The first kappa shape index (κ1) is 22.0. The lowest BCUT2D eigenvalue weighted by molar-refractivity contribution is 0.102. The van der Waals surface area contributed by atoms with E-state index < -0.39 is 15.9 Å². The molecule has 0 bridgehead atoms. The number of nitrogens with one attached hydrogen (secondary N) is 1. The number of aryl methyl sites for hydroxylation is 2. The molecule has 9 heteroatoms. The molecule has 1 aromatic heterocycles. The van der Waals surface area contributed by atoms with Gasteiger partial charge >= 0.3 is 0 Å². The predicted octanol–water partition coefficient (Wildman–Crippen LogP) is 4.84. The molecule has 1 amide bonds. The maximum absolute atomic E-state index is 12.9. The van der Waals surface area contributed by atoms with Crippen LogP contribution in [0, 0.1) is 0 Å². The molecule has 1 aliphatic carbocycles. The highest BCUT2D eigenvalue weighted by Crippen LogP contribution is 2.38. The first-order valence-electron chi connectivity index (χ1n) is 10.0. The Morgan fingerprint density at radius 3 is 2.65 bits per heavy atom. The molecule has 0 unspecified atom stereocenters. The van der Waals surface area contributed by atoms with Crippen LogP contribution in [0.25, 0.3) is 11.3 Å². The fraction of sp³-hybridized carbons (Fsp3) is 0.273. The number of thiazole rings is 1. The zero-order valence-electron chi connectivity index (χ0n) is 17.2. The van der Waals surface area contributed by atoms with Crippen molar-refractivity contribution in [3.05, 3.63) is 63.5 Å². The Labute approximate surface area is 190 Å². The van der Waals surface area contributed by atoms with E-state index in [4.69, 9.17) is 11.6 Å². The molecule has 2 aromatic carbocycles. The smallest absolute Gasteiger partial charge is 0.259 e. The monoisotopic (exact) mass is 475 g/mol. The Morgan fingerprint density at radius 2 is 1.90 bits per heavy atom. The third kappa shape index (κ3) is 4.13. The van der Waals surface area contributed by atoms with Gasteiger partial charge in [0.15, 0.2) is 5.13 Å². The zero-order valence-corrected chi connectivity index (χ0v) is 19.6. The van der Waals surface area contributed by atoms with Gasteiger partial charge in [0, 0.05) is 23.5 Å². The summed E-state index contributed by atoms with van der Waals surface area (Å²) < 4.78 is 27.0. The van der Waals surface area contributed by atoms with Crippen LogP contribution in [0.4, 0.5) is 5.13 Å². The summed E-state index contributed by atoms with van der Waals surface area (Å²) in [5.74, 6) is -0.485. The van der Waals surface area contributed by atoms with Crippen LogP contribution in [0.5, 0.6) is 0 Å². The van der Waals surface area contributed by atoms with Crippen LogP contribution in [0.1, 0.15) is 34.6 Å². The van der Waals surface area contributed by atoms with Crippen molar-refractivity contribution in [1.29, 1.82) is 0 Å². The van der Waals surface area contributed by atoms with Gasteiger partial charge in [0.05, 0.1) is 21.2 Å². The van der Waals surface area contributed by atoms with Crippen LogP contribution < -0.4 is 5.32 Å². The molecule has 0 saturated carbocycles. The molecule has 4 rings (SSSR count). The number of benzene rings is 2. The van der Waals surface area contributed by atoms with Gasteiger partial charge in [-0.1, -0.05) is 49.7 Å². The largest absolute Gasteiger partial charge is 0.298 e. The fourth-order valence-corrected chi connectivity index (χ4v) is 6.38. The van der Waals surface area contributed by atoms with Crippen LogP contribution >= 0.6 is 22.9 Å². The first-order chi connectivity index (χ1) is 14.8. The Bertz CT molecular complexity index is 1250. The highest BCUT2D eigenvalue weighted by atomic mass is 35.5. The van der Waals surface area contributed by atoms with Crippen molar-refractivity contribution in [2.45, 2.75) is 31.6 Å². The van der Waals surface area contributed by atoms with Crippen LogP contribution in [0.15, 0.2) is 47.4 Å². The highest BCUT2D eigenvalue weighted by molar-refractivity contribution is 7.89. The molecule has 0 radical (unpaired) electrons. The second kappa shape index (κ2) is 8.70. The number of carbonyl (C=O) groups is 1. The third-order valence-corrected chi connectivity index (χ3v) is 8.74. The molecule has 0 fully saturated rings. The van der Waals surface area contributed by atoms with Crippen molar-refractivity contribution in [3.63, 3.8) is 0 Å². The molecular formula is C22H22ClN3O3S2. The molecule has 162 valence electrons. The van der Waals surface area contributed by atoms with Crippen LogP contribution in [-0.4, -0.2) is 36.7 Å². The second-order valence-electron chi connectivity index (χ2n) is 7.13. The molecular weight excluding hydrogens is 454 g/mol. The summed E-state index contributed by atoms with van der Waals surface area (Å²) in [6.07, 6.45) is 1.81. The average Bonchev–Trinajstić information content (AvgIpc) is 3.17. The first-order valence-corrected chi connectivity index (χ1v) is 12.7. The van der Waals surface area contributed by atoms with E-state index in [9.17, 15) is 13.2 Å². The predicted molar refractivity (Wildman–Crippen MR) is 124 cm³/mol. The van der Waals surface area contributed by atoms with Gasteiger partial charge in [-0.25, -0.2) is 13.4 Å². The third-order valence-electron chi connectivity index (χ3n) is 5.34. The lowest BCUT2D eigenvalue weighted by Gasteiger charge is -2.19. The van der Waals surface area contributed by atoms with Gasteiger partial charge in [-0.3, -0.25) is 10.1 Å². The zero-order chi connectivity index (χ0) is 22.2. The van der Waals surface area contributed by atoms with Crippen LogP contribution in [0.2, 0.25) is 5.02 Å². The van der Waals surface area contributed by atoms with E-state index in [1.807, 2.05) is 18.2 Å². The average molecular weight is 476 g/mol. The second-order valence-corrected chi connectivity index (χ2v) is 10.6. The van der Waals surface area contributed by atoms with Crippen molar-refractivity contribution < 1.29 is 13.2 Å². The molecule has 0 aliphatic heterocycles. The number of hydrogen-bond donors (Lipinski definition) is 1. The van der Waals surface area contributed by atoms with Gasteiger partial charge in [-0.2, -0.15) is 4.31 Å². The van der Waals surface area contributed by atoms with Gasteiger partial charge < -0.3 is 0 Å². The van der Waals surface area contributed by atoms with Crippen LogP contribution in [0.3, 0.4) is 0 Å². The lowest BCUT2D eigenvalue weighted by atomic mass is 9.94. The molecule has 1 heterocycles. The summed E-state index contributed by atoms with van der Waals surface area (Å²) in [7, 11) is -3.70. The quantitative estimate of drug-likeness (QED) is 0.553. The summed E-state index contributed by atoms with van der Waals surface area (Å²) in [6.45, 7) is 4.23.